The number of aryl methyl sites for hydroxylation is 1. The van der Waals surface area contributed by atoms with Gasteiger partial charge < -0.3 is 10.1 Å². The monoisotopic (exact) mass is 275 g/mol. The van der Waals surface area contributed by atoms with Crippen molar-refractivity contribution >= 4 is 0 Å². The Morgan fingerprint density at radius 1 is 1.25 bits per heavy atom. The third-order valence-corrected chi connectivity index (χ3v) is 2.59. The summed E-state index contributed by atoms with van der Waals surface area (Å²) in [5, 5.41) is 7.47. The van der Waals surface area contributed by atoms with Crippen molar-refractivity contribution in [2.45, 2.75) is 39.5 Å². The molecule has 0 aliphatic heterocycles. The van der Waals surface area contributed by atoms with E-state index in [-0.39, 0.29) is 5.54 Å². The summed E-state index contributed by atoms with van der Waals surface area (Å²) < 4.78 is 7.09. The van der Waals surface area contributed by atoms with Gasteiger partial charge in [-0.05, 0) is 32.9 Å². The molecule has 0 spiro atoms. The zero-order chi connectivity index (χ0) is 14.6. The molecule has 2 aromatic heterocycles. The maximum Gasteiger partial charge on any atom is 0.335 e. The minimum Gasteiger partial charge on any atom is -0.456 e. The van der Waals surface area contributed by atoms with E-state index in [9.17, 15) is 0 Å². The molecule has 0 radical (unpaired) electrons. The molecule has 0 amide bonds. The second kappa shape index (κ2) is 6.00. The molecule has 0 saturated heterocycles. The van der Waals surface area contributed by atoms with E-state index in [1.807, 2.05) is 18.2 Å². The molecule has 0 saturated carbocycles. The SMILES string of the molecule is Cn1cnc(OCc2cccc(CNC(C)(C)C)n2)n1. The van der Waals surface area contributed by atoms with Crippen LogP contribution in [0.15, 0.2) is 24.5 Å². The molecule has 0 aromatic carbocycles. The molecule has 1 N–H and O–H groups in total. The summed E-state index contributed by atoms with van der Waals surface area (Å²) in [6, 6.07) is 6.29. The van der Waals surface area contributed by atoms with Gasteiger partial charge in [0.15, 0.2) is 0 Å². The van der Waals surface area contributed by atoms with Gasteiger partial charge in [0.1, 0.15) is 12.9 Å². The zero-order valence-electron chi connectivity index (χ0n) is 12.4. The quantitative estimate of drug-likeness (QED) is 0.899. The van der Waals surface area contributed by atoms with Gasteiger partial charge in [-0.1, -0.05) is 6.07 Å². The highest BCUT2D eigenvalue weighted by Crippen LogP contribution is 2.06. The molecule has 0 bridgehead atoms. The lowest BCUT2D eigenvalue weighted by atomic mass is 10.1. The summed E-state index contributed by atoms with van der Waals surface area (Å²) in [4.78, 5) is 8.56. The van der Waals surface area contributed by atoms with Crippen molar-refractivity contribution in [2.24, 2.45) is 7.05 Å². The van der Waals surface area contributed by atoms with Gasteiger partial charge in [-0.3, -0.25) is 9.67 Å². The van der Waals surface area contributed by atoms with Crippen molar-refractivity contribution in [1.82, 2.24) is 25.1 Å². The van der Waals surface area contributed by atoms with Crippen LogP contribution in [-0.2, 0) is 20.2 Å². The summed E-state index contributed by atoms with van der Waals surface area (Å²) in [5.74, 6) is 0. The Morgan fingerprint density at radius 3 is 2.65 bits per heavy atom. The Kier molecular flexibility index (Phi) is 4.34. The highest BCUT2D eigenvalue weighted by atomic mass is 16.5. The van der Waals surface area contributed by atoms with E-state index < -0.39 is 0 Å². The smallest absolute Gasteiger partial charge is 0.335 e. The van der Waals surface area contributed by atoms with Gasteiger partial charge in [0.25, 0.3) is 0 Å². The molecule has 2 rings (SSSR count). The van der Waals surface area contributed by atoms with Crippen LogP contribution in [0.1, 0.15) is 32.2 Å². The molecule has 0 atom stereocenters. The molecule has 108 valence electrons. The molecule has 2 aromatic rings. The fourth-order valence-corrected chi connectivity index (χ4v) is 1.59. The van der Waals surface area contributed by atoms with Crippen molar-refractivity contribution in [3.63, 3.8) is 0 Å². The first-order chi connectivity index (χ1) is 9.42. The molecule has 20 heavy (non-hydrogen) atoms. The second-order valence-corrected chi connectivity index (χ2v) is 5.71. The van der Waals surface area contributed by atoms with Crippen molar-refractivity contribution < 1.29 is 4.74 Å². The van der Waals surface area contributed by atoms with E-state index in [1.54, 1.807) is 18.1 Å². The third-order valence-electron chi connectivity index (χ3n) is 2.59. The van der Waals surface area contributed by atoms with Crippen LogP contribution in [0.3, 0.4) is 0 Å². The summed E-state index contributed by atoms with van der Waals surface area (Å²) in [5.41, 5.74) is 1.94. The van der Waals surface area contributed by atoms with Crippen molar-refractivity contribution in [3.05, 3.63) is 35.9 Å². The molecule has 6 heteroatoms. The van der Waals surface area contributed by atoms with Crippen LogP contribution in [0.4, 0.5) is 0 Å². The topological polar surface area (TPSA) is 64.9 Å². The standard InChI is InChI=1S/C14H21N5O/c1-14(2,3)16-8-11-6-5-7-12(17-11)9-20-13-15-10-19(4)18-13/h5-7,10,16H,8-9H2,1-4H3. The first-order valence-electron chi connectivity index (χ1n) is 6.61. The maximum absolute atomic E-state index is 5.49. The maximum atomic E-state index is 5.49. The number of rotatable bonds is 5. The summed E-state index contributed by atoms with van der Waals surface area (Å²) >= 11 is 0. The molecule has 0 unspecified atom stereocenters. The summed E-state index contributed by atoms with van der Waals surface area (Å²) in [6.07, 6.45) is 1.60. The van der Waals surface area contributed by atoms with E-state index in [0.29, 0.717) is 12.6 Å². The van der Waals surface area contributed by atoms with Crippen LogP contribution in [0.25, 0.3) is 0 Å². The number of nitrogens with one attached hydrogen (secondary N) is 1. The fraction of sp³-hybridized carbons (Fsp3) is 0.500. The summed E-state index contributed by atoms with van der Waals surface area (Å²) in [6.45, 7) is 7.50. The number of hydrogen-bond donors (Lipinski definition) is 1. The van der Waals surface area contributed by atoms with Crippen molar-refractivity contribution in [1.29, 1.82) is 0 Å². The van der Waals surface area contributed by atoms with E-state index in [4.69, 9.17) is 4.74 Å². The molecule has 0 fully saturated rings. The van der Waals surface area contributed by atoms with Gasteiger partial charge in [-0.15, -0.1) is 5.10 Å². The fourth-order valence-electron chi connectivity index (χ4n) is 1.59. The van der Waals surface area contributed by atoms with Crippen LogP contribution in [-0.4, -0.2) is 25.3 Å². The van der Waals surface area contributed by atoms with E-state index in [1.165, 1.54) is 0 Å². The Labute approximate surface area is 119 Å². The third kappa shape index (κ3) is 4.62. The minimum absolute atomic E-state index is 0.0755. The van der Waals surface area contributed by atoms with Crippen LogP contribution in [0.5, 0.6) is 6.01 Å². The highest BCUT2D eigenvalue weighted by molar-refractivity contribution is 5.11. The first kappa shape index (κ1) is 14.5. The summed E-state index contributed by atoms with van der Waals surface area (Å²) in [7, 11) is 1.80. The van der Waals surface area contributed by atoms with Gasteiger partial charge in [-0.25, -0.2) is 0 Å². The number of hydrogen-bond acceptors (Lipinski definition) is 5. The zero-order valence-corrected chi connectivity index (χ0v) is 12.4. The van der Waals surface area contributed by atoms with Gasteiger partial charge >= 0.3 is 6.01 Å². The van der Waals surface area contributed by atoms with Gasteiger partial charge in [0.2, 0.25) is 0 Å². The Morgan fingerprint density at radius 2 is 2.00 bits per heavy atom. The lowest BCUT2D eigenvalue weighted by Crippen LogP contribution is -2.35. The number of ether oxygens (including phenoxy) is 1. The predicted molar refractivity (Wildman–Crippen MR) is 76.2 cm³/mol. The lowest BCUT2D eigenvalue weighted by molar-refractivity contribution is 0.275. The molecular weight excluding hydrogens is 254 g/mol. The Hall–Kier alpha value is -1.95. The van der Waals surface area contributed by atoms with E-state index >= 15 is 0 Å². The van der Waals surface area contributed by atoms with Crippen molar-refractivity contribution in [3.8, 4) is 6.01 Å². The average Bonchev–Trinajstić information content (AvgIpc) is 2.80. The average molecular weight is 275 g/mol. The number of nitrogens with zero attached hydrogens (tertiary/aromatic N) is 4. The van der Waals surface area contributed by atoms with Gasteiger partial charge in [0.05, 0.1) is 11.4 Å². The predicted octanol–water partition coefficient (Wildman–Crippen LogP) is 1.68. The first-order valence-corrected chi connectivity index (χ1v) is 6.61. The van der Waals surface area contributed by atoms with Gasteiger partial charge in [0, 0.05) is 19.1 Å². The highest BCUT2D eigenvalue weighted by Gasteiger charge is 2.09. The molecule has 0 aliphatic carbocycles. The molecule has 6 nitrogen and oxygen atoms in total. The van der Waals surface area contributed by atoms with Crippen LogP contribution in [0, 0.1) is 0 Å². The molecular formula is C14H21N5O. The van der Waals surface area contributed by atoms with Crippen LogP contribution >= 0.6 is 0 Å². The minimum atomic E-state index is 0.0755. The van der Waals surface area contributed by atoms with Crippen LogP contribution in [0.2, 0.25) is 0 Å². The lowest BCUT2D eigenvalue weighted by Gasteiger charge is -2.20. The molecule has 0 aliphatic rings. The van der Waals surface area contributed by atoms with Crippen LogP contribution < -0.4 is 10.1 Å². The largest absolute Gasteiger partial charge is 0.456 e. The second-order valence-electron chi connectivity index (χ2n) is 5.71. The Balaban J connectivity index is 1.92. The normalized spacial score (nSPS) is 11.6. The Bertz CT molecular complexity index is 559. The van der Waals surface area contributed by atoms with E-state index in [2.05, 4.69) is 41.2 Å². The number of pyridine rings is 1. The van der Waals surface area contributed by atoms with Crippen molar-refractivity contribution in [2.75, 3.05) is 0 Å². The number of aromatic nitrogens is 4. The van der Waals surface area contributed by atoms with E-state index in [0.717, 1.165) is 17.9 Å². The molecule has 2 heterocycles. The van der Waals surface area contributed by atoms with Gasteiger partial charge in [-0.2, -0.15) is 4.98 Å².